The van der Waals surface area contributed by atoms with Crippen LogP contribution in [0.3, 0.4) is 0 Å². The van der Waals surface area contributed by atoms with Crippen molar-refractivity contribution >= 4 is 187 Å². The quantitative estimate of drug-likeness (QED) is 0.0216. The van der Waals surface area contributed by atoms with Crippen molar-refractivity contribution in [3.8, 4) is 40.4 Å². The number of allylic oxidation sites excluding steroid dienone is 3. The van der Waals surface area contributed by atoms with Gasteiger partial charge in [0.1, 0.15) is 9.75 Å². The summed E-state index contributed by atoms with van der Waals surface area (Å²) in [6.07, 6.45) is 46.3. The Labute approximate surface area is 830 Å². The average molecular weight is 1950 g/mol. The summed E-state index contributed by atoms with van der Waals surface area (Å²) in [5, 5.41) is 4.60. The normalized spacial score (nSPS) is 15.6. The summed E-state index contributed by atoms with van der Waals surface area (Å²) in [6.45, 7) is 38.3. The largest absolute Gasteiger partial charge is 0.274 e. The lowest BCUT2D eigenvalue weighted by Crippen LogP contribution is -2.46. The van der Waals surface area contributed by atoms with E-state index in [1.165, 1.54) is 202 Å². The molecule has 0 fully saturated rings. The molecule has 0 saturated heterocycles. The molecule has 6 nitrogen and oxygen atoms in total. The van der Waals surface area contributed by atoms with Gasteiger partial charge in [-0.15, -0.1) is 120 Å². The molecule has 704 valence electrons. The number of thiophene rings is 10. The van der Waals surface area contributed by atoms with Crippen molar-refractivity contribution in [2.45, 2.75) is 356 Å². The molecule has 3 aromatic carbocycles. The van der Waals surface area contributed by atoms with Crippen LogP contribution in [-0.4, -0.2) is 46.5 Å². The van der Waals surface area contributed by atoms with Crippen molar-refractivity contribution in [3.63, 3.8) is 0 Å². The van der Waals surface area contributed by atoms with Crippen LogP contribution >= 0.6 is 113 Å². The molecule has 2 aliphatic heterocycles. The lowest BCUT2D eigenvalue weighted by Gasteiger charge is -2.49. The molecule has 4 amide bonds. The second kappa shape index (κ2) is 45.6. The summed E-state index contributed by atoms with van der Waals surface area (Å²) in [5.74, 6) is 1.37. The minimum Gasteiger partial charge on any atom is -0.274 e. The highest BCUT2D eigenvalue weighted by molar-refractivity contribution is 7.34. The van der Waals surface area contributed by atoms with Gasteiger partial charge < -0.3 is 0 Å². The monoisotopic (exact) mass is 1950 g/mol. The van der Waals surface area contributed by atoms with Gasteiger partial charge in [0.2, 0.25) is 0 Å². The molecule has 13 aromatic rings. The van der Waals surface area contributed by atoms with E-state index in [-0.39, 0.29) is 29.0 Å². The summed E-state index contributed by atoms with van der Waals surface area (Å²) in [6, 6.07) is 42.8. The summed E-state index contributed by atoms with van der Waals surface area (Å²) in [5.41, 5.74) is 4.88. The molecule has 15 rings (SSSR count). The third-order valence-electron chi connectivity index (χ3n) is 30.3. The van der Waals surface area contributed by atoms with E-state index in [1.54, 1.807) is 32.5 Å². The minimum atomic E-state index is -0.561. The molecule has 6 atom stereocenters. The van der Waals surface area contributed by atoms with Gasteiger partial charge in [0.05, 0.1) is 30.3 Å². The number of hydrogen-bond acceptors (Lipinski definition) is 14. The van der Waals surface area contributed by atoms with Crippen LogP contribution in [0.4, 0.5) is 0 Å². The van der Waals surface area contributed by atoms with Crippen LogP contribution in [0.2, 0.25) is 0 Å². The van der Waals surface area contributed by atoms with Gasteiger partial charge in [-0.25, -0.2) is 0 Å². The smallest absolute Gasteiger partial charge is 0.271 e. The summed E-state index contributed by atoms with van der Waals surface area (Å²) in [4.78, 5) is 82.9. The van der Waals surface area contributed by atoms with Gasteiger partial charge in [0, 0.05) is 135 Å². The molecule has 0 spiro atoms. The van der Waals surface area contributed by atoms with Gasteiger partial charge in [0.25, 0.3) is 23.6 Å². The van der Waals surface area contributed by atoms with Crippen LogP contribution in [-0.2, 0) is 34.5 Å². The Bertz CT molecular complexity index is 5980. The van der Waals surface area contributed by atoms with Crippen LogP contribution < -0.4 is 0 Å². The Hall–Kier alpha value is -6.28. The van der Waals surface area contributed by atoms with Crippen molar-refractivity contribution in [2.75, 3.05) is 13.1 Å². The van der Waals surface area contributed by atoms with Crippen LogP contribution in [0, 0.1) is 17.8 Å². The van der Waals surface area contributed by atoms with Gasteiger partial charge >= 0.3 is 0 Å². The van der Waals surface area contributed by atoms with Gasteiger partial charge in [-0.2, -0.15) is 0 Å². The Morgan fingerprint density at radius 1 is 0.394 bits per heavy atom. The number of carbonyl (C=O) groups is 4. The lowest BCUT2D eigenvalue weighted by atomic mass is 9.56. The average Bonchev–Trinajstić information content (AvgIpc) is 1.54. The fourth-order valence-corrected chi connectivity index (χ4v) is 36.6. The fourth-order valence-electron chi connectivity index (χ4n) is 22.2. The molecule has 16 heteroatoms. The molecule has 2 aliphatic rings. The second-order valence-corrected chi connectivity index (χ2v) is 50.1. The molecule has 0 saturated carbocycles. The molecule has 6 unspecified atom stereocenters. The van der Waals surface area contributed by atoms with Gasteiger partial charge in [-0.05, 0) is 174 Å². The third-order valence-corrected chi connectivity index (χ3v) is 43.4. The van der Waals surface area contributed by atoms with E-state index in [1.807, 2.05) is 85.4 Å². The molecular weight excluding hydrogens is 1810 g/mol. The highest BCUT2D eigenvalue weighted by Gasteiger charge is 2.54. The van der Waals surface area contributed by atoms with E-state index in [4.69, 9.17) is 0 Å². The Kier molecular flexibility index (Phi) is 34.6. The topological polar surface area (TPSA) is 74.8 Å². The molecule has 0 radical (unpaired) electrons. The van der Waals surface area contributed by atoms with Gasteiger partial charge in [0.15, 0.2) is 0 Å². The van der Waals surface area contributed by atoms with Crippen molar-refractivity contribution in [3.05, 3.63) is 195 Å². The maximum Gasteiger partial charge on any atom is 0.271 e. The van der Waals surface area contributed by atoms with Crippen molar-refractivity contribution in [1.82, 2.24) is 9.80 Å². The SMILES string of the molecule is C=CCCCC(C)(c1ccccc1)c1sc(-c2cc3c(-c4ccc(CC(CC)CCCC)s4)c4sc(C(CC)(CCCC)C(C)(CCC/C=C\C)c5sc(-c6cc7sc(C(CC)(CCCCC(C)C)c8ccccc8)cc7s6)c6sc7c(c56)C(=O)N(CCCCCCCC)C7=O)cc4c(-c4ccc(CC(CC)CCCC)s4)c3s2)c2sc3c(c12)C(=O)N(CCCCCCCC)C3=O. The van der Waals surface area contributed by atoms with Crippen LogP contribution in [0.5, 0.6) is 0 Å². The number of amides is 4. The predicted molar refractivity (Wildman–Crippen MR) is 588 cm³/mol. The maximum atomic E-state index is 16.2. The first-order valence-corrected chi connectivity index (χ1v) is 59.4. The Morgan fingerprint density at radius 3 is 1.44 bits per heavy atom. The molecule has 132 heavy (non-hydrogen) atoms. The lowest BCUT2D eigenvalue weighted by molar-refractivity contribution is 0.0637. The number of imide groups is 2. The zero-order valence-corrected chi connectivity index (χ0v) is 89.9. The number of nitrogens with zero attached hydrogens (tertiary/aromatic N) is 2. The predicted octanol–water partition coefficient (Wildman–Crippen LogP) is 39.3. The molecule has 0 bridgehead atoms. The summed E-state index contributed by atoms with van der Waals surface area (Å²) in [7, 11) is 0. The van der Waals surface area contributed by atoms with E-state index in [0.29, 0.717) is 51.7 Å². The van der Waals surface area contributed by atoms with Gasteiger partial charge in [-0.3, -0.25) is 29.0 Å². The Morgan fingerprint density at radius 2 is 0.909 bits per heavy atom. The van der Waals surface area contributed by atoms with Crippen molar-refractivity contribution in [2.24, 2.45) is 17.8 Å². The number of fused-ring (bicyclic) bond motifs is 9. The first kappa shape index (κ1) is 100. The third kappa shape index (κ3) is 20.1. The van der Waals surface area contributed by atoms with Crippen molar-refractivity contribution in [1.29, 1.82) is 0 Å². The summed E-state index contributed by atoms with van der Waals surface area (Å²) < 4.78 is 7.41. The molecule has 0 N–H and O–H groups in total. The standard InChI is InChI=1S/C116H146N2O4S10/c1-16-27-34-37-39-51-68-117-109(119)97-95-103(129-105(97)111(117)121)101(131-107(95)113(14,64-48-30-19-4)79-56-43-41-44-57-79)89-72-83-93(85-62-60-81(123-85)70-77(23-8)54-31-20-5)100-84(94(99(83)127-89)86-63-61-82(124-86)71-78(24-9)55-32-21-6)73-92(128-100)116(26-11,67-33-22-7)114(15,65-49-36-29-18-3)108-96-98-106(112(122)118(110(98)120)69-52-40-38-35-28-17-2)130-104(96)102(132-108)90-74-87-88(125-90)75-91(126-87)115(25-10,66-50-47-53-76(12)13)80-58-45-42-46-59-80/h18-19,29,41-46,56-63,72-78H,4,16-17,20-28,30-40,47-55,64-71H2,1-3,5-15H3/b29-18-. The zero-order valence-electron chi connectivity index (χ0n) is 81.8. The molecule has 12 heterocycles. The molecular formula is C116H146N2O4S10. The van der Waals surface area contributed by atoms with Crippen LogP contribution in [0.1, 0.15) is 402 Å². The summed E-state index contributed by atoms with van der Waals surface area (Å²) >= 11 is 19.0. The number of carbonyl (C=O) groups excluding carboxylic acids is 4. The van der Waals surface area contributed by atoms with Crippen LogP contribution in [0.25, 0.3) is 90.1 Å². The molecule has 10 aromatic heterocycles. The second-order valence-electron chi connectivity index (χ2n) is 39.4. The first-order valence-electron chi connectivity index (χ1n) is 51.2. The number of unbranched alkanes of at least 4 members (excludes halogenated alkanes) is 16. The van der Waals surface area contributed by atoms with E-state index in [0.717, 1.165) is 166 Å². The van der Waals surface area contributed by atoms with Crippen LogP contribution in [0.15, 0.2) is 134 Å². The Balaban J connectivity index is 0.990. The number of benzene rings is 3. The van der Waals surface area contributed by atoms with Gasteiger partial charge in [-0.1, -0.05) is 317 Å². The zero-order chi connectivity index (χ0) is 93.0. The van der Waals surface area contributed by atoms with E-state index in [2.05, 4.69) is 236 Å². The van der Waals surface area contributed by atoms with E-state index in [9.17, 15) is 0 Å². The highest BCUT2D eigenvalue weighted by atomic mass is 32.1. The number of rotatable bonds is 55. The van der Waals surface area contributed by atoms with E-state index >= 15 is 19.2 Å². The number of hydrogen-bond donors (Lipinski definition) is 0. The van der Waals surface area contributed by atoms with Crippen molar-refractivity contribution < 1.29 is 19.2 Å². The highest BCUT2D eigenvalue weighted by Crippen LogP contribution is 2.66. The fraction of sp³-hybridized carbons (Fsp3) is 0.517. The maximum absolute atomic E-state index is 16.2. The minimum absolute atomic E-state index is 0.102. The van der Waals surface area contributed by atoms with E-state index < -0.39 is 16.2 Å². The molecule has 0 aliphatic carbocycles. The first-order chi connectivity index (χ1) is 64.2.